The molecule has 0 N–H and O–H groups in total. The molecule has 7 rings (SSSR count). The molecule has 0 aromatic heterocycles. The zero-order valence-electron chi connectivity index (χ0n) is 17.4. The summed E-state index contributed by atoms with van der Waals surface area (Å²) >= 11 is 6.15. The van der Waals surface area contributed by atoms with Crippen LogP contribution in [0.4, 0.5) is 0 Å². The van der Waals surface area contributed by atoms with E-state index >= 15 is 0 Å². The monoisotopic (exact) mass is 421 g/mol. The van der Waals surface area contributed by atoms with Crippen molar-refractivity contribution in [2.24, 2.45) is 17.8 Å². The smallest absolute Gasteiger partial charge is 0.310 e. The molecule has 5 unspecified atom stereocenters. The van der Waals surface area contributed by atoms with Crippen LogP contribution in [0.5, 0.6) is 0 Å². The summed E-state index contributed by atoms with van der Waals surface area (Å²) in [5, 5.41) is 0.751. The van der Waals surface area contributed by atoms with Gasteiger partial charge in [0.25, 0.3) is 0 Å². The summed E-state index contributed by atoms with van der Waals surface area (Å²) in [4.78, 5) is 15.3. The Balaban J connectivity index is 1.45. The minimum atomic E-state index is -0.0303. The largest absolute Gasteiger partial charge is 0.469 e. The molecule has 2 aromatic rings. The van der Waals surface area contributed by atoms with Crippen molar-refractivity contribution in [2.45, 2.75) is 31.7 Å². The van der Waals surface area contributed by atoms with E-state index in [4.69, 9.17) is 16.3 Å². The Kier molecular flexibility index (Phi) is 5.43. The van der Waals surface area contributed by atoms with Gasteiger partial charge in [-0.25, -0.2) is 0 Å². The SMILES string of the molecule is COC(=O)C1C2CCC3CCC1N(C/C2=C\c1ccc(-c2cccc(Cl)c2)cc1)C3. The zero-order valence-corrected chi connectivity index (χ0v) is 18.1. The van der Waals surface area contributed by atoms with Gasteiger partial charge in [0.05, 0.1) is 13.0 Å². The van der Waals surface area contributed by atoms with E-state index in [1.165, 1.54) is 31.1 Å². The molecule has 4 aliphatic heterocycles. The van der Waals surface area contributed by atoms with Gasteiger partial charge < -0.3 is 4.74 Å². The minimum absolute atomic E-state index is 0.0259. The van der Waals surface area contributed by atoms with Gasteiger partial charge in [-0.05, 0) is 66.3 Å². The standard InChI is InChI=1S/C26H28ClNO2/c1-30-26(29)25-23-11-7-18-8-12-24(25)28(15-18)16-21(23)13-17-5-9-19(10-6-17)20-3-2-4-22(27)14-20/h2-6,9-10,13-14,18,23-25H,7-8,11-12,15-16H2,1H3/b21-13+. The highest BCUT2D eigenvalue weighted by Gasteiger charge is 2.49. The van der Waals surface area contributed by atoms with Gasteiger partial charge in [0, 0.05) is 24.2 Å². The van der Waals surface area contributed by atoms with E-state index in [-0.39, 0.29) is 11.9 Å². The van der Waals surface area contributed by atoms with Gasteiger partial charge >= 0.3 is 5.97 Å². The third-order valence-corrected chi connectivity index (χ3v) is 7.56. The number of methoxy groups -OCH3 is 1. The number of carbonyl (C=O) groups excluding carboxylic acids is 1. The third kappa shape index (κ3) is 3.70. The van der Waals surface area contributed by atoms with Crippen LogP contribution in [0.3, 0.4) is 0 Å². The van der Waals surface area contributed by atoms with Crippen molar-refractivity contribution in [3.05, 3.63) is 64.7 Å². The molecular formula is C26H28ClNO2. The van der Waals surface area contributed by atoms with Crippen molar-refractivity contribution in [2.75, 3.05) is 20.2 Å². The van der Waals surface area contributed by atoms with E-state index in [2.05, 4.69) is 41.3 Å². The second-order valence-corrected chi connectivity index (χ2v) is 9.46. The van der Waals surface area contributed by atoms with Gasteiger partial charge in [-0.15, -0.1) is 0 Å². The summed E-state index contributed by atoms with van der Waals surface area (Å²) < 4.78 is 5.26. The quantitative estimate of drug-likeness (QED) is 0.597. The molecule has 5 fully saturated rings. The summed E-state index contributed by atoms with van der Waals surface area (Å²) in [7, 11) is 1.54. The van der Waals surface area contributed by atoms with E-state index in [0.29, 0.717) is 12.0 Å². The highest BCUT2D eigenvalue weighted by atomic mass is 35.5. The molecule has 2 aromatic carbocycles. The minimum Gasteiger partial charge on any atom is -0.469 e. The lowest BCUT2D eigenvalue weighted by Gasteiger charge is -2.52. The molecule has 4 bridgehead atoms. The summed E-state index contributed by atoms with van der Waals surface area (Å²) in [5.74, 6) is 1.04. The van der Waals surface area contributed by atoms with Crippen LogP contribution >= 0.6 is 11.6 Å². The van der Waals surface area contributed by atoms with E-state index in [9.17, 15) is 4.79 Å². The number of hydrogen-bond acceptors (Lipinski definition) is 3. The molecule has 156 valence electrons. The first kappa shape index (κ1) is 19.8. The number of esters is 1. The number of ether oxygens (including phenoxy) is 1. The van der Waals surface area contributed by atoms with Crippen LogP contribution in [0.25, 0.3) is 17.2 Å². The van der Waals surface area contributed by atoms with E-state index < -0.39 is 0 Å². The first-order valence-electron chi connectivity index (χ1n) is 11.0. The number of fused-ring (bicyclic) bond motifs is 2. The first-order chi connectivity index (χ1) is 14.6. The lowest BCUT2D eigenvalue weighted by atomic mass is 9.66. The van der Waals surface area contributed by atoms with Crippen molar-refractivity contribution in [1.82, 2.24) is 4.90 Å². The maximum atomic E-state index is 12.7. The van der Waals surface area contributed by atoms with Crippen molar-refractivity contribution in [3.63, 3.8) is 0 Å². The third-order valence-electron chi connectivity index (χ3n) is 7.32. The average Bonchev–Trinajstić information content (AvgIpc) is 2.74. The molecule has 0 amide bonds. The Labute approximate surface area is 183 Å². The van der Waals surface area contributed by atoms with Crippen LogP contribution in [0.2, 0.25) is 5.02 Å². The van der Waals surface area contributed by atoms with Crippen molar-refractivity contribution >= 4 is 23.6 Å². The fourth-order valence-corrected chi connectivity index (χ4v) is 6.06. The number of benzene rings is 2. The van der Waals surface area contributed by atoms with Gasteiger partial charge in [0.2, 0.25) is 0 Å². The second-order valence-electron chi connectivity index (χ2n) is 9.02. The van der Waals surface area contributed by atoms with E-state index in [1.807, 2.05) is 18.2 Å². The maximum absolute atomic E-state index is 12.7. The molecule has 30 heavy (non-hydrogen) atoms. The summed E-state index contributed by atoms with van der Waals surface area (Å²) in [6.45, 7) is 2.10. The molecule has 5 aliphatic rings. The first-order valence-corrected chi connectivity index (χ1v) is 11.4. The molecule has 5 atom stereocenters. The van der Waals surface area contributed by atoms with Crippen molar-refractivity contribution in [3.8, 4) is 11.1 Å². The second kappa shape index (κ2) is 8.20. The van der Waals surface area contributed by atoms with Crippen molar-refractivity contribution in [1.29, 1.82) is 0 Å². The van der Waals surface area contributed by atoms with Crippen molar-refractivity contribution < 1.29 is 9.53 Å². The van der Waals surface area contributed by atoms with Crippen LogP contribution < -0.4 is 0 Å². The molecule has 1 aliphatic carbocycles. The number of piperidine rings is 2. The Hall–Kier alpha value is -2.10. The van der Waals surface area contributed by atoms with E-state index in [0.717, 1.165) is 48.0 Å². The Bertz CT molecular complexity index is 967. The van der Waals surface area contributed by atoms with Gasteiger partial charge in [-0.2, -0.15) is 0 Å². The zero-order chi connectivity index (χ0) is 20.7. The fraction of sp³-hybridized carbons (Fsp3) is 0.423. The molecule has 4 heterocycles. The van der Waals surface area contributed by atoms with Crippen LogP contribution in [0.15, 0.2) is 54.1 Å². The normalized spacial score (nSPS) is 31.4. The molecule has 1 saturated carbocycles. The summed E-state index contributed by atoms with van der Waals surface area (Å²) in [6, 6.07) is 16.9. The number of hydrogen-bond donors (Lipinski definition) is 0. The van der Waals surface area contributed by atoms with Crippen LogP contribution in [0.1, 0.15) is 31.2 Å². The number of halogens is 1. The Morgan fingerprint density at radius 3 is 2.63 bits per heavy atom. The number of nitrogens with zero attached hydrogens (tertiary/aromatic N) is 1. The predicted octanol–water partition coefficient (Wildman–Crippen LogP) is 5.68. The topological polar surface area (TPSA) is 29.5 Å². The van der Waals surface area contributed by atoms with Gasteiger partial charge in [-0.1, -0.05) is 59.6 Å². The number of rotatable bonds is 3. The van der Waals surface area contributed by atoms with Crippen LogP contribution in [-0.2, 0) is 9.53 Å². The highest BCUT2D eigenvalue weighted by Crippen LogP contribution is 2.46. The summed E-state index contributed by atoms with van der Waals surface area (Å²) in [5.41, 5.74) is 4.86. The molecule has 3 nitrogen and oxygen atoms in total. The maximum Gasteiger partial charge on any atom is 0.310 e. The lowest BCUT2D eigenvalue weighted by molar-refractivity contribution is -0.154. The Morgan fingerprint density at radius 1 is 1.07 bits per heavy atom. The van der Waals surface area contributed by atoms with Gasteiger partial charge in [-0.3, -0.25) is 9.69 Å². The molecule has 4 saturated heterocycles. The highest BCUT2D eigenvalue weighted by molar-refractivity contribution is 6.30. The van der Waals surface area contributed by atoms with E-state index in [1.54, 1.807) is 0 Å². The number of carbonyl (C=O) groups is 1. The molecule has 0 radical (unpaired) electrons. The molecule has 0 spiro atoms. The average molecular weight is 422 g/mol. The molecule has 4 heteroatoms. The van der Waals surface area contributed by atoms with Crippen LogP contribution in [-0.4, -0.2) is 37.1 Å². The van der Waals surface area contributed by atoms with Crippen LogP contribution in [0, 0.1) is 17.8 Å². The predicted molar refractivity (Wildman–Crippen MR) is 121 cm³/mol. The summed E-state index contributed by atoms with van der Waals surface area (Å²) in [6.07, 6.45) is 7.01. The van der Waals surface area contributed by atoms with Gasteiger partial charge in [0.15, 0.2) is 0 Å². The fourth-order valence-electron chi connectivity index (χ4n) is 5.87. The molecular weight excluding hydrogens is 394 g/mol. The Morgan fingerprint density at radius 2 is 1.87 bits per heavy atom. The van der Waals surface area contributed by atoms with Gasteiger partial charge in [0.1, 0.15) is 0 Å². The lowest BCUT2D eigenvalue weighted by Crippen LogP contribution is -2.58.